The van der Waals surface area contributed by atoms with E-state index in [-0.39, 0.29) is 5.91 Å². The lowest BCUT2D eigenvalue weighted by atomic mass is 10.1. The Morgan fingerprint density at radius 2 is 1.77 bits per heavy atom. The normalized spacial score (nSPS) is 16.6. The smallest absolute Gasteiger partial charge is 0.222 e. The number of halogens is 1. The number of nitrogens with zero attached hydrogens (tertiary/aromatic N) is 2. The molecule has 4 rings (SSSR count). The number of piperazine rings is 1. The fraction of sp³-hybridized carbons (Fsp3) is 0.458. The third-order valence-corrected chi connectivity index (χ3v) is 6.06. The Bertz CT molecular complexity index is 895. The second kappa shape index (κ2) is 10.2. The molecule has 1 saturated heterocycles. The minimum absolute atomic E-state index is 0.217. The quantitative estimate of drug-likeness (QED) is 0.678. The molecule has 2 aliphatic rings. The molecule has 1 amide bonds. The van der Waals surface area contributed by atoms with E-state index in [1.54, 1.807) is 7.11 Å². The predicted molar refractivity (Wildman–Crippen MR) is 120 cm³/mol. The van der Waals surface area contributed by atoms with E-state index in [2.05, 4.69) is 4.90 Å². The molecule has 166 valence electrons. The molecule has 0 bridgehead atoms. The number of fused-ring (bicyclic) bond motifs is 1. The van der Waals surface area contributed by atoms with Gasteiger partial charge in [0.05, 0.1) is 25.3 Å². The van der Waals surface area contributed by atoms with Crippen LogP contribution in [0.15, 0.2) is 36.4 Å². The van der Waals surface area contributed by atoms with Gasteiger partial charge in [-0.1, -0.05) is 23.7 Å². The maximum absolute atomic E-state index is 12.6. The van der Waals surface area contributed by atoms with Gasteiger partial charge in [0, 0.05) is 45.6 Å². The van der Waals surface area contributed by atoms with Crippen LogP contribution in [-0.4, -0.2) is 62.2 Å². The van der Waals surface area contributed by atoms with Crippen molar-refractivity contribution in [2.45, 2.75) is 25.8 Å². The summed E-state index contributed by atoms with van der Waals surface area (Å²) in [6.07, 6.45) is 2.14. The van der Waals surface area contributed by atoms with Crippen molar-refractivity contribution in [3.05, 3.63) is 52.5 Å². The van der Waals surface area contributed by atoms with Crippen molar-refractivity contribution >= 4 is 17.5 Å². The van der Waals surface area contributed by atoms with Gasteiger partial charge in [0.25, 0.3) is 0 Å². The van der Waals surface area contributed by atoms with E-state index in [1.165, 1.54) is 0 Å². The van der Waals surface area contributed by atoms with Gasteiger partial charge in [-0.05, 0) is 41.8 Å². The Morgan fingerprint density at radius 1 is 1.03 bits per heavy atom. The van der Waals surface area contributed by atoms with E-state index < -0.39 is 0 Å². The lowest BCUT2D eigenvalue weighted by Crippen LogP contribution is -2.48. The first-order chi connectivity index (χ1) is 15.1. The van der Waals surface area contributed by atoms with Gasteiger partial charge in [0.1, 0.15) is 5.75 Å². The summed E-state index contributed by atoms with van der Waals surface area (Å²) in [5.41, 5.74) is 2.26. The van der Waals surface area contributed by atoms with E-state index in [9.17, 15) is 4.79 Å². The lowest BCUT2D eigenvalue weighted by Gasteiger charge is -2.35. The predicted octanol–water partition coefficient (Wildman–Crippen LogP) is 3.79. The van der Waals surface area contributed by atoms with E-state index in [1.807, 2.05) is 41.3 Å². The Labute approximate surface area is 188 Å². The molecule has 0 saturated carbocycles. The molecule has 0 unspecified atom stereocenters. The number of rotatable bonds is 6. The van der Waals surface area contributed by atoms with Crippen molar-refractivity contribution in [3.63, 3.8) is 0 Å². The number of aryl methyl sites for hydroxylation is 1. The number of amides is 1. The number of ether oxygens (including phenoxy) is 3. The zero-order valence-electron chi connectivity index (χ0n) is 17.9. The van der Waals surface area contributed by atoms with Crippen LogP contribution in [0.2, 0.25) is 5.02 Å². The van der Waals surface area contributed by atoms with Crippen molar-refractivity contribution in [1.29, 1.82) is 0 Å². The third kappa shape index (κ3) is 5.63. The number of carbonyl (C=O) groups is 1. The molecule has 0 spiro atoms. The summed E-state index contributed by atoms with van der Waals surface area (Å²) in [6.45, 7) is 5.25. The molecule has 2 aliphatic heterocycles. The highest BCUT2D eigenvalue weighted by Crippen LogP contribution is 2.38. The van der Waals surface area contributed by atoms with Crippen LogP contribution >= 0.6 is 11.6 Å². The van der Waals surface area contributed by atoms with Gasteiger partial charge < -0.3 is 19.1 Å². The van der Waals surface area contributed by atoms with Crippen LogP contribution < -0.4 is 14.2 Å². The molecular formula is C24H29ClN2O4. The summed E-state index contributed by atoms with van der Waals surface area (Å²) in [4.78, 5) is 17.0. The van der Waals surface area contributed by atoms with Crippen molar-refractivity contribution in [1.82, 2.24) is 9.80 Å². The fourth-order valence-electron chi connectivity index (χ4n) is 3.99. The number of methoxy groups -OCH3 is 1. The zero-order valence-corrected chi connectivity index (χ0v) is 18.7. The van der Waals surface area contributed by atoms with Crippen LogP contribution in [-0.2, 0) is 17.8 Å². The SMILES string of the molecule is COc1ccc(CCC(=O)N2CCN(Cc3cc(Cl)c4c(c3)OCCCO4)CC2)cc1. The molecule has 31 heavy (non-hydrogen) atoms. The van der Waals surface area contributed by atoms with Crippen molar-refractivity contribution in [3.8, 4) is 17.2 Å². The second-order valence-electron chi connectivity index (χ2n) is 7.96. The summed E-state index contributed by atoms with van der Waals surface area (Å²) in [7, 11) is 1.65. The standard InChI is InChI=1S/C24H29ClN2O4/c1-29-20-6-3-18(4-7-20)5-8-23(28)27-11-9-26(10-12-27)17-19-15-21(25)24-22(16-19)30-13-2-14-31-24/h3-4,6-7,15-16H,2,5,8-14,17H2,1H3. The van der Waals surface area contributed by atoms with Crippen LogP contribution in [0.25, 0.3) is 0 Å². The average Bonchev–Trinajstić information content (AvgIpc) is 3.04. The van der Waals surface area contributed by atoms with Crippen molar-refractivity contribution in [2.24, 2.45) is 0 Å². The molecule has 0 radical (unpaired) electrons. The van der Waals surface area contributed by atoms with E-state index in [0.717, 1.165) is 68.2 Å². The molecule has 2 aromatic carbocycles. The largest absolute Gasteiger partial charge is 0.497 e. The van der Waals surface area contributed by atoms with Crippen LogP contribution in [0.4, 0.5) is 0 Å². The minimum atomic E-state index is 0.217. The molecule has 0 aromatic heterocycles. The maximum atomic E-state index is 12.6. The molecule has 0 atom stereocenters. The molecule has 2 heterocycles. The summed E-state index contributed by atoms with van der Waals surface area (Å²) >= 11 is 6.42. The van der Waals surface area contributed by atoms with Gasteiger partial charge in [-0.25, -0.2) is 0 Å². The Kier molecular flexibility index (Phi) is 7.20. The van der Waals surface area contributed by atoms with Gasteiger partial charge in [0.15, 0.2) is 11.5 Å². The number of hydrogen-bond donors (Lipinski definition) is 0. The summed E-state index contributed by atoms with van der Waals surface area (Å²) in [6, 6.07) is 11.9. The molecule has 1 fully saturated rings. The van der Waals surface area contributed by atoms with E-state index in [0.29, 0.717) is 30.4 Å². The van der Waals surface area contributed by atoms with Crippen LogP contribution in [0.5, 0.6) is 17.2 Å². The Balaban J connectivity index is 1.26. The summed E-state index contributed by atoms with van der Waals surface area (Å²) < 4.78 is 16.7. The van der Waals surface area contributed by atoms with Gasteiger partial charge in [0.2, 0.25) is 5.91 Å². The molecule has 7 heteroatoms. The van der Waals surface area contributed by atoms with E-state index in [4.69, 9.17) is 25.8 Å². The van der Waals surface area contributed by atoms with E-state index >= 15 is 0 Å². The Hall–Kier alpha value is -2.44. The highest BCUT2D eigenvalue weighted by atomic mass is 35.5. The molecular weight excluding hydrogens is 416 g/mol. The summed E-state index contributed by atoms with van der Waals surface area (Å²) in [5, 5.41) is 0.599. The number of hydrogen-bond acceptors (Lipinski definition) is 5. The van der Waals surface area contributed by atoms with Crippen LogP contribution in [0.3, 0.4) is 0 Å². The first-order valence-corrected chi connectivity index (χ1v) is 11.2. The van der Waals surface area contributed by atoms with Gasteiger partial charge in [-0.3, -0.25) is 9.69 Å². The third-order valence-electron chi connectivity index (χ3n) is 5.78. The summed E-state index contributed by atoms with van der Waals surface area (Å²) in [5.74, 6) is 2.43. The topological polar surface area (TPSA) is 51.2 Å². The number of carbonyl (C=O) groups excluding carboxylic acids is 1. The first kappa shape index (κ1) is 21.8. The highest BCUT2D eigenvalue weighted by Gasteiger charge is 2.22. The van der Waals surface area contributed by atoms with Gasteiger partial charge in [-0.2, -0.15) is 0 Å². The van der Waals surface area contributed by atoms with Gasteiger partial charge in [-0.15, -0.1) is 0 Å². The minimum Gasteiger partial charge on any atom is -0.497 e. The van der Waals surface area contributed by atoms with Crippen LogP contribution in [0, 0.1) is 0 Å². The molecule has 0 N–H and O–H groups in total. The molecule has 6 nitrogen and oxygen atoms in total. The first-order valence-electron chi connectivity index (χ1n) is 10.8. The molecule has 2 aromatic rings. The number of benzene rings is 2. The van der Waals surface area contributed by atoms with Crippen LogP contribution in [0.1, 0.15) is 24.0 Å². The van der Waals surface area contributed by atoms with Crippen molar-refractivity contribution < 1.29 is 19.0 Å². The zero-order chi connectivity index (χ0) is 21.6. The Morgan fingerprint density at radius 3 is 2.52 bits per heavy atom. The highest BCUT2D eigenvalue weighted by molar-refractivity contribution is 6.32. The maximum Gasteiger partial charge on any atom is 0.222 e. The fourth-order valence-corrected chi connectivity index (χ4v) is 4.28. The van der Waals surface area contributed by atoms with Gasteiger partial charge >= 0.3 is 0 Å². The molecule has 0 aliphatic carbocycles. The average molecular weight is 445 g/mol. The van der Waals surface area contributed by atoms with Crippen molar-refractivity contribution in [2.75, 3.05) is 46.5 Å². The second-order valence-corrected chi connectivity index (χ2v) is 8.37. The lowest BCUT2D eigenvalue weighted by molar-refractivity contribution is -0.133. The monoisotopic (exact) mass is 444 g/mol.